The number of halogens is 1. The second-order valence-corrected chi connectivity index (χ2v) is 9.71. The minimum atomic E-state index is -3.73. The first-order valence-electron chi connectivity index (χ1n) is 9.78. The Labute approximate surface area is 181 Å². The normalized spacial score (nSPS) is 19.6. The molecule has 1 saturated heterocycles. The molecule has 1 fully saturated rings. The summed E-state index contributed by atoms with van der Waals surface area (Å²) < 4.78 is 38.2. The van der Waals surface area contributed by atoms with Crippen LogP contribution in [0.25, 0.3) is 0 Å². The van der Waals surface area contributed by atoms with Gasteiger partial charge in [0.05, 0.1) is 41.3 Å². The number of fused-ring (bicyclic) bond motifs is 1. The van der Waals surface area contributed by atoms with Gasteiger partial charge in [0.25, 0.3) is 5.91 Å². The highest BCUT2D eigenvalue weighted by atomic mass is 35.5. The number of sulfonamides is 1. The number of aryl methyl sites for hydroxylation is 1. The van der Waals surface area contributed by atoms with Gasteiger partial charge in [-0.3, -0.25) is 4.79 Å². The Bertz CT molecular complexity index is 1070. The highest BCUT2D eigenvalue weighted by Crippen LogP contribution is 2.33. The van der Waals surface area contributed by atoms with Crippen LogP contribution < -0.4 is 10.1 Å². The van der Waals surface area contributed by atoms with Crippen molar-refractivity contribution in [1.29, 1.82) is 0 Å². The van der Waals surface area contributed by atoms with E-state index >= 15 is 0 Å². The molecular weight excluding hydrogens is 428 g/mol. The fourth-order valence-electron chi connectivity index (χ4n) is 3.67. The quantitative estimate of drug-likeness (QED) is 0.774. The van der Waals surface area contributed by atoms with Gasteiger partial charge in [-0.05, 0) is 31.2 Å². The number of hydrogen-bond donors (Lipinski definition) is 1. The summed E-state index contributed by atoms with van der Waals surface area (Å²) in [4.78, 5) is 13.1. The molecule has 1 atom stereocenters. The van der Waals surface area contributed by atoms with E-state index < -0.39 is 15.9 Å². The molecule has 7 nitrogen and oxygen atoms in total. The number of morpholine rings is 1. The number of rotatable bonds is 4. The van der Waals surface area contributed by atoms with Crippen LogP contribution in [0.3, 0.4) is 0 Å². The summed E-state index contributed by atoms with van der Waals surface area (Å²) in [7, 11) is -3.73. The summed E-state index contributed by atoms with van der Waals surface area (Å²) in [6.07, 6.45) is 0.617. The van der Waals surface area contributed by atoms with Crippen molar-refractivity contribution in [1.82, 2.24) is 9.62 Å². The van der Waals surface area contributed by atoms with E-state index in [9.17, 15) is 13.2 Å². The molecular formula is C21H23ClN2O5S. The SMILES string of the molecule is Cc1ccc2c(c1)C(NC(=O)c1cc(S(=O)(=O)N3CCOCC3)ccc1Cl)CCO2. The molecule has 0 radical (unpaired) electrons. The van der Waals surface area contributed by atoms with Gasteiger partial charge in [0.2, 0.25) is 10.0 Å². The predicted molar refractivity (Wildman–Crippen MR) is 113 cm³/mol. The van der Waals surface area contributed by atoms with Gasteiger partial charge >= 0.3 is 0 Å². The van der Waals surface area contributed by atoms with Crippen molar-refractivity contribution in [3.8, 4) is 5.75 Å². The van der Waals surface area contributed by atoms with E-state index in [4.69, 9.17) is 21.1 Å². The Kier molecular flexibility index (Phi) is 6.02. The van der Waals surface area contributed by atoms with Gasteiger partial charge < -0.3 is 14.8 Å². The molecule has 2 aromatic carbocycles. The molecule has 0 aromatic heterocycles. The number of carbonyl (C=O) groups is 1. The fourth-order valence-corrected chi connectivity index (χ4v) is 5.31. The average Bonchev–Trinajstić information content (AvgIpc) is 2.75. The molecule has 2 heterocycles. The summed E-state index contributed by atoms with van der Waals surface area (Å²) in [6, 6.07) is 9.82. The lowest BCUT2D eigenvalue weighted by molar-refractivity contribution is 0.0730. The van der Waals surface area contributed by atoms with Crippen molar-refractivity contribution < 1.29 is 22.7 Å². The van der Waals surface area contributed by atoms with Crippen molar-refractivity contribution in [2.75, 3.05) is 32.9 Å². The van der Waals surface area contributed by atoms with Crippen LogP contribution in [0.2, 0.25) is 5.02 Å². The van der Waals surface area contributed by atoms with Crippen LogP contribution in [-0.4, -0.2) is 51.5 Å². The van der Waals surface area contributed by atoms with Gasteiger partial charge in [-0.1, -0.05) is 29.3 Å². The highest BCUT2D eigenvalue weighted by Gasteiger charge is 2.29. The molecule has 1 unspecified atom stereocenters. The van der Waals surface area contributed by atoms with Crippen molar-refractivity contribution >= 4 is 27.5 Å². The van der Waals surface area contributed by atoms with Crippen LogP contribution in [-0.2, 0) is 14.8 Å². The molecule has 0 bridgehead atoms. The number of amides is 1. The van der Waals surface area contributed by atoms with E-state index in [0.29, 0.717) is 26.2 Å². The summed E-state index contributed by atoms with van der Waals surface area (Å²) in [5.74, 6) is 0.324. The van der Waals surface area contributed by atoms with E-state index in [-0.39, 0.29) is 34.6 Å². The van der Waals surface area contributed by atoms with Gasteiger partial charge in [0.15, 0.2) is 0 Å². The molecule has 2 aliphatic heterocycles. The molecule has 1 N–H and O–H groups in total. The monoisotopic (exact) mass is 450 g/mol. The van der Waals surface area contributed by atoms with Gasteiger partial charge in [0.1, 0.15) is 5.75 Å². The van der Waals surface area contributed by atoms with Gasteiger partial charge in [-0.15, -0.1) is 0 Å². The third-order valence-corrected chi connectivity index (χ3v) is 7.52. The first kappa shape index (κ1) is 21.1. The molecule has 160 valence electrons. The lowest BCUT2D eigenvalue weighted by atomic mass is 9.98. The van der Waals surface area contributed by atoms with Gasteiger partial charge in [-0.2, -0.15) is 4.31 Å². The fraction of sp³-hybridized carbons (Fsp3) is 0.381. The topological polar surface area (TPSA) is 84.9 Å². The largest absolute Gasteiger partial charge is 0.493 e. The molecule has 2 aromatic rings. The zero-order valence-electron chi connectivity index (χ0n) is 16.6. The summed E-state index contributed by atoms with van der Waals surface area (Å²) in [6.45, 7) is 3.73. The minimum Gasteiger partial charge on any atom is -0.493 e. The van der Waals surface area contributed by atoms with E-state index in [0.717, 1.165) is 16.9 Å². The van der Waals surface area contributed by atoms with Gasteiger partial charge in [-0.25, -0.2) is 8.42 Å². The van der Waals surface area contributed by atoms with Crippen molar-refractivity contribution in [3.63, 3.8) is 0 Å². The number of nitrogens with zero attached hydrogens (tertiary/aromatic N) is 1. The lowest BCUT2D eigenvalue weighted by Crippen LogP contribution is -2.40. The molecule has 2 aliphatic rings. The third-order valence-electron chi connectivity index (χ3n) is 5.30. The standard InChI is InChI=1S/C21H23ClN2O5S/c1-14-2-5-20-17(12-14)19(6-9-29-20)23-21(25)16-13-15(3-4-18(16)22)30(26,27)24-7-10-28-11-8-24/h2-5,12-13,19H,6-11H2,1H3,(H,23,25). The Morgan fingerprint density at radius 1 is 1.13 bits per heavy atom. The van der Waals surface area contributed by atoms with Crippen LogP contribution >= 0.6 is 11.6 Å². The maximum absolute atomic E-state index is 13.0. The van der Waals surface area contributed by atoms with E-state index in [1.54, 1.807) is 0 Å². The molecule has 4 rings (SSSR count). The number of hydrogen-bond acceptors (Lipinski definition) is 5. The molecule has 1 amide bonds. The lowest BCUT2D eigenvalue weighted by Gasteiger charge is -2.28. The Morgan fingerprint density at radius 3 is 2.67 bits per heavy atom. The third kappa shape index (κ3) is 4.18. The van der Waals surface area contributed by atoms with E-state index in [1.807, 2.05) is 25.1 Å². The first-order valence-corrected chi connectivity index (χ1v) is 11.6. The Hall–Kier alpha value is -2.13. The van der Waals surface area contributed by atoms with Gasteiger partial charge in [0, 0.05) is 25.1 Å². The highest BCUT2D eigenvalue weighted by molar-refractivity contribution is 7.89. The molecule has 9 heteroatoms. The first-order chi connectivity index (χ1) is 14.4. The molecule has 0 spiro atoms. The van der Waals surface area contributed by atoms with E-state index in [2.05, 4.69) is 5.32 Å². The maximum atomic E-state index is 13.0. The smallest absolute Gasteiger partial charge is 0.253 e. The van der Waals surface area contributed by atoms with Crippen LogP contribution in [0.15, 0.2) is 41.3 Å². The van der Waals surface area contributed by atoms with Crippen LogP contribution in [0.4, 0.5) is 0 Å². The van der Waals surface area contributed by atoms with Crippen LogP contribution in [0, 0.1) is 6.92 Å². The number of carbonyl (C=O) groups excluding carboxylic acids is 1. The Balaban J connectivity index is 1.60. The zero-order chi connectivity index (χ0) is 21.3. The minimum absolute atomic E-state index is 0.0437. The molecule has 30 heavy (non-hydrogen) atoms. The summed E-state index contributed by atoms with van der Waals surface area (Å²) in [5, 5.41) is 3.18. The second-order valence-electron chi connectivity index (χ2n) is 7.36. The number of ether oxygens (including phenoxy) is 2. The second kappa shape index (κ2) is 8.55. The zero-order valence-corrected chi connectivity index (χ0v) is 18.1. The predicted octanol–water partition coefficient (Wildman–Crippen LogP) is 2.92. The van der Waals surface area contributed by atoms with Crippen LogP contribution in [0.1, 0.15) is 33.9 Å². The maximum Gasteiger partial charge on any atom is 0.253 e. The van der Waals surface area contributed by atoms with Crippen molar-refractivity contribution in [3.05, 3.63) is 58.1 Å². The molecule has 0 saturated carbocycles. The molecule has 0 aliphatic carbocycles. The average molecular weight is 451 g/mol. The van der Waals surface area contributed by atoms with E-state index in [1.165, 1.54) is 22.5 Å². The van der Waals surface area contributed by atoms with Crippen LogP contribution in [0.5, 0.6) is 5.75 Å². The van der Waals surface area contributed by atoms with Crippen molar-refractivity contribution in [2.45, 2.75) is 24.3 Å². The summed E-state index contributed by atoms with van der Waals surface area (Å²) in [5.41, 5.74) is 2.10. The van der Waals surface area contributed by atoms with Crippen molar-refractivity contribution in [2.24, 2.45) is 0 Å². The summed E-state index contributed by atoms with van der Waals surface area (Å²) >= 11 is 6.26. The Morgan fingerprint density at radius 2 is 1.90 bits per heavy atom. The number of benzene rings is 2. The number of nitrogens with one attached hydrogen (secondary N) is 1.